The normalized spacial score (nSPS) is 15.2. The number of carbonyl (C=O) groups excluding carboxylic acids is 1. The monoisotopic (exact) mass is 241 g/mol. The van der Waals surface area contributed by atoms with Gasteiger partial charge in [0.15, 0.2) is 0 Å². The maximum absolute atomic E-state index is 11.8. The summed E-state index contributed by atoms with van der Waals surface area (Å²) < 4.78 is 0. The molecule has 1 aliphatic carbocycles. The highest BCUT2D eigenvalue weighted by molar-refractivity contribution is 5.97. The molecule has 1 saturated carbocycles. The van der Waals surface area contributed by atoms with Crippen molar-refractivity contribution in [2.24, 2.45) is 11.7 Å². The first-order valence-corrected chi connectivity index (χ1v) is 6.60. The molecule has 0 atom stereocenters. The van der Waals surface area contributed by atoms with Crippen LogP contribution in [0.15, 0.2) is 24.3 Å². The minimum Gasteiger partial charge on any atom is -0.326 e. The summed E-state index contributed by atoms with van der Waals surface area (Å²) in [6.45, 7) is 0.510. The fourth-order valence-corrected chi connectivity index (χ4v) is 2.35. The number of ketones is 1. The summed E-state index contributed by atoms with van der Waals surface area (Å²) in [5.41, 5.74) is 7.64. The fourth-order valence-electron chi connectivity index (χ4n) is 2.35. The molecule has 1 aliphatic rings. The van der Waals surface area contributed by atoms with Gasteiger partial charge in [0.1, 0.15) is 0 Å². The van der Waals surface area contributed by atoms with Crippen molar-refractivity contribution in [3.8, 4) is 11.8 Å². The van der Waals surface area contributed by atoms with Crippen molar-refractivity contribution in [3.63, 3.8) is 0 Å². The highest BCUT2D eigenvalue weighted by Gasteiger charge is 2.11. The predicted molar refractivity (Wildman–Crippen MR) is 72.8 cm³/mol. The lowest BCUT2D eigenvalue weighted by atomic mass is 10.0. The van der Waals surface area contributed by atoms with Crippen LogP contribution in [0.2, 0.25) is 0 Å². The fraction of sp³-hybridized carbons (Fsp3) is 0.438. The lowest BCUT2D eigenvalue weighted by Crippen LogP contribution is -2.02. The summed E-state index contributed by atoms with van der Waals surface area (Å²) in [4.78, 5) is 11.8. The van der Waals surface area contributed by atoms with Gasteiger partial charge in [-0.3, -0.25) is 4.79 Å². The average molecular weight is 241 g/mol. The molecule has 0 unspecified atom stereocenters. The van der Waals surface area contributed by atoms with Crippen molar-refractivity contribution in [1.29, 1.82) is 0 Å². The minimum atomic E-state index is 0.0103. The van der Waals surface area contributed by atoms with Gasteiger partial charge >= 0.3 is 0 Å². The highest BCUT2D eigenvalue weighted by Crippen LogP contribution is 2.23. The van der Waals surface area contributed by atoms with Crippen molar-refractivity contribution in [3.05, 3.63) is 35.4 Å². The number of benzene rings is 1. The van der Waals surface area contributed by atoms with E-state index in [1.807, 2.05) is 24.3 Å². The minimum absolute atomic E-state index is 0.0103. The van der Waals surface area contributed by atoms with Crippen LogP contribution in [0.25, 0.3) is 0 Å². The third-order valence-electron chi connectivity index (χ3n) is 3.36. The zero-order valence-corrected chi connectivity index (χ0v) is 10.6. The maximum Gasteiger partial charge on any atom is 0.209 e. The van der Waals surface area contributed by atoms with E-state index >= 15 is 0 Å². The Morgan fingerprint density at radius 3 is 2.72 bits per heavy atom. The van der Waals surface area contributed by atoms with Crippen LogP contribution in [-0.4, -0.2) is 5.78 Å². The van der Waals surface area contributed by atoms with E-state index in [1.165, 1.54) is 12.8 Å². The number of hydrogen-bond acceptors (Lipinski definition) is 2. The molecule has 0 aromatic heterocycles. The van der Waals surface area contributed by atoms with E-state index in [1.54, 1.807) is 0 Å². The molecule has 1 fully saturated rings. The number of carbonyl (C=O) groups is 1. The highest BCUT2D eigenvalue weighted by atomic mass is 16.1. The third kappa shape index (κ3) is 3.72. The van der Waals surface area contributed by atoms with Gasteiger partial charge < -0.3 is 5.73 Å². The molecular weight excluding hydrogens is 222 g/mol. The number of rotatable bonds is 3. The first-order valence-electron chi connectivity index (χ1n) is 6.60. The SMILES string of the molecule is NCc1cccc(CC(=O)C#CC2CCCC2)c1. The molecule has 0 heterocycles. The smallest absolute Gasteiger partial charge is 0.209 e. The zero-order chi connectivity index (χ0) is 12.8. The molecule has 0 bridgehead atoms. The van der Waals surface area contributed by atoms with Crippen molar-refractivity contribution in [1.82, 2.24) is 0 Å². The molecule has 0 amide bonds. The first kappa shape index (κ1) is 12.9. The molecule has 1 aromatic carbocycles. The Labute approximate surface area is 109 Å². The Morgan fingerprint density at radius 2 is 2.00 bits per heavy atom. The second-order valence-corrected chi connectivity index (χ2v) is 4.87. The van der Waals surface area contributed by atoms with Crippen molar-refractivity contribution in [2.75, 3.05) is 0 Å². The Balaban J connectivity index is 1.93. The topological polar surface area (TPSA) is 43.1 Å². The van der Waals surface area contributed by atoms with Gasteiger partial charge in [-0.15, -0.1) is 0 Å². The summed E-state index contributed by atoms with van der Waals surface area (Å²) in [7, 11) is 0. The standard InChI is InChI=1S/C16H19NO/c17-12-15-7-3-6-14(10-15)11-16(18)9-8-13-4-1-2-5-13/h3,6-7,10,13H,1-2,4-5,11-12,17H2. The summed E-state index contributed by atoms with van der Waals surface area (Å²) in [5.74, 6) is 6.36. The van der Waals surface area contributed by atoms with E-state index in [-0.39, 0.29) is 5.78 Å². The van der Waals surface area contributed by atoms with E-state index in [4.69, 9.17) is 5.73 Å². The maximum atomic E-state index is 11.8. The van der Waals surface area contributed by atoms with Gasteiger partial charge in [0, 0.05) is 18.9 Å². The molecule has 1 aromatic rings. The molecule has 18 heavy (non-hydrogen) atoms. The molecule has 2 N–H and O–H groups in total. The summed E-state index contributed by atoms with van der Waals surface area (Å²) >= 11 is 0. The summed E-state index contributed by atoms with van der Waals surface area (Å²) in [5, 5.41) is 0. The number of nitrogens with two attached hydrogens (primary N) is 1. The molecule has 0 aliphatic heterocycles. The third-order valence-corrected chi connectivity index (χ3v) is 3.36. The van der Waals surface area contributed by atoms with Gasteiger partial charge in [-0.25, -0.2) is 0 Å². The van der Waals surface area contributed by atoms with Gasteiger partial charge in [0.05, 0.1) is 0 Å². The second kappa shape index (κ2) is 6.37. The number of hydrogen-bond donors (Lipinski definition) is 1. The Morgan fingerprint density at radius 1 is 1.28 bits per heavy atom. The second-order valence-electron chi connectivity index (χ2n) is 4.87. The van der Waals surface area contributed by atoms with Crippen LogP contribution in [0, 0.1) is 17.8 Å². The van der Waals surface area contributed by atoms with Crippen LogP contribution >= 0.6 is 0 Å². The predicted octanol–water partition coefficient (Wildman–Crippen LogP) is 2.45. The van der Waals surface area contributed by atoms with Gasteiger partial charge in [-0.1, -0.05) is 43.0 Å². The summed E-state index contributed by atoms with van der Waals surface area (Å²) in [6.07, 6.45) is 5.22. The van der Waals surface area contributed by atoms with Crippen LogP contribution in [0.1, 0.15) is 36.8 Å². The molecule has 2 nitrogen and oxygen atoms in total. The van der Waals surface area contributed by atoms with E-state index in [0.29, 0.717) is 18.9 Å². The Kier molecular flexibility index (Phi) is 4.55. The van der Waals surface area contributed by atoms with Gasteiger partial charge in [-0.2, -0.15) is 0 Å². The van der Waals surface area contributed by atoms with Crippen LogP contribution in [0.5, 0.6) is 0 Å². The number of Topliss-reactive ketones (excluding diaryl/α,β-unsaturated/α-hetero) is 1. The molecule has 0 radical (unpaired) electrons. The van der Waals surface area contributed by atoms with E-state index in [2.05, 4.69) is 11.8 Å². The van der Waals surface area contributed by atoms with Crippen LogP contribution in [0.4, 0.5) is 0 Å². The largest absolute Gasteiger partial charge is 0.326 e. The van der Waals surface area contributed by atoms with Crippen molar-refractivity contribution < 1.29 is 4.79 Å². The van der Waals surface area contributed by atoms with E-state index in [0.717, 1.165) is 24.0 Å². The zero-order valence-electron chi connectivity index (χ0n) is 10.6. The Bertz CT molecular complexity index is 475. The molecular formula is C16H19NO. The van der Waals surface area contributed by atoms with Crippen LogP contribution in [0.3, 0.4) is 0 Å². The van der Waals surface area contributed by atoms with Crippen LogP contribution < -0.4 is 5.73 Å². The average Bonchev–Trinajstić information content (AvgIpc) is 2.90. The quantitative estimate of drug-likeness (QED) is 0.652. The van der Waals surface area contributed by atoms with Gasteiger partial charge in [0.25, 0.3) is 0 Å². The first-order chi connectivity index (χ1) is 8.78. The van der Waals surface area contributed by atoms with Crippen molar-refractivity contribution in [2.45, 2.75) is 38.6 Å². The molecule has 94 valence electrons. The molecule has 0 saturated heterocycles. The van der Waals surface area contributed by atoms with Gasteiger partial charge in [-0.05, 0) is 29.9 Å². The Hall–Kier alpha value is -1.59. The molecule has 0 spiro atoms. The van der Waals surface area contributed by atoms with E-state index in [9.17, 15) is 4.79 Å². The lowest BCUT2D eigenvalue weighted by Gasteiger charge is -2.00. The van der Waals surface area contributed by atoms with Crippen molar-refractivity contribution >= 4 is 5.78 Å². The van der Waals surface area contributed by atoms with Crippen LogP contribution in [-0.2, 0) is 17.8 Å². The van der Waals surface area contributed by atoms with Gasteiger partial charge in [0.2, 0.25) is 5.78 Å². The molecule has 2 rings (SSSR count). The summed E-state index contributed by atoms with van der Waals surface area (Å²) in [6, 6.07) is 7.84. The lowest BCUT2D eigenvalue weighted by molar-refractivity contribution is -0.113. The molecule has 2 heteroatoms. The van der Waals surface area contributed by atoms with E-state index < -0.39 is 0 Å².